The molecule has 2 atom stereocenters. The number of carbonyl (C=O) groups excluding carboxylic acids is 2. The van der Waals surface area contributed by atoms with Crippen molar-refractivity contribution in [2.75, 3.05) is 32.8 Å². The Bertz CT molecular complexity index is 776. The number of hydrogen-bond donors (Lipinski definition) is 1. The lowest BCUT2D eigenvalue weighted by Crippen LogP contribution is -2.30. The molecule has 0 aliphatic rings. The molecule has 0 aromatic carbocycles. The summed E-state index contributed by atoms with van der Waals surface area (Å²) >= 11 is 0. The quantitative estimate of drug-likeness (QED) is 0.0491. The Kier molecular flexibility index (Phi) is 38.9. The first-order valence-electron chi connectivity index (χ1n) is 24.6. The Labute approximate surface area is 343 Å². The maximum absolute atomic E-state index is 12.9. The zero-order chi connectivity index (χ0) is 40.7. The molecule has 0 heterocycles. The van der Waals surface area contributed by atoms with Gasteiger partial charge in [-0.1, -0.05) is 170 Å². The molecule has 0 rings (SSSR count). The van der Waals surface area contributed by atoms with Crippen molar-refractivity contribution in [1.82, 2.24) is 4.90 Å². The lowest BCUT2D eigenvalue weighted by molar-refractivity contribution is -0.150. The van der Waals surface area contributed by atoms with Crippen molar-refractivity contribution in [2.24, 2.45) is 11.8 Å². The van der Waals surface area contributed by atoms with Crippen LogP contribution in [0.3, 0.4) is 0 Å². The summed E-state index contributed by atoms with van der Waals surface area (Å²) in [6.45, 7) is 17.9. The second-order valence-electron chi connectivity index (χ2n) is 17.3. The molecule has 6 nitrogen and oxygen atoms in total. The molecular weight excluding hydrogens is 683 g/mol. The van der Waals surface area contributed by atoms with Gasteiger partial charge >= 0.3 is 11.9 Å². The van der Waals surface area contributed by atoms with Crippen LogP contribution in [0, 0.1) is 11.8 Å². The first kappa shape index (κ1) is 53.9. The van der Waals surface area contributed by atoms with E-state index in [9.17, 15) is 14.7 Å². The van der Waals surface area contributed by atoms with E-state index in [0.29, 0.717) is 13.2 Å². The molecule has 0 aliphatic heterocycles. The number of nitrogens with zero attached hydrogens (tertiary/aromatic N) is 1. The van der Waals surface area contributed by atoms with Crippen molar-refractivity contribution in [1.29, 1.82) is 0 Å². The van der Waals surface area contributed by atoms with Crippen LogP contribution in [0.4, 0.5) is 0 Å². The minimum Gasteiger partial charge on any atom is -0.465 e. The number of rotatable bonds is 43. The first-order chi connectivity index (χ1) is 26.8. The molecule has 0 aliphatic carbocycles. The number of ether oxygens (including phenoxy) is 2. The fraction of sp³-hybridized carbons (Fsp3) is 0.959. The zero-order valence-electron chi connectivity index (χ0n) is 38.1. The molecule has 0 spiro atoms. The van der Waals surface area contributed by atoms with E-state index in [0.717, 1.165) is 141 Å². The lowest BCUT2D eigenvalue weighted by atomic mass is 9.85. The monoisotopic (exact) mass is 780 g/mol. The Hall–Kier alpha value is -1.14. The molecule has 1 N–H and O–H groups in total. The summed E-state index contributed by atoms with van der Waals surface area (Å²) in [4.78, 5) is 28.4. The third-order valence-electron chi connectivity index (χ3n) is 11.8. The van der Waals surface area contributed by atoms with Crippen LogP contribution in [0.5, 0.6) is 0 Å². The molecule has 0 bridgehead atoms. The maximum Gasteiger partial charge on any atom is 0.308 e. The number of aliphatic hydroxyl groups is 1. The zero-order valence-corrected chi connectivity index (χ0v) is 38.1. The highest BCUT2D eigenvalue weighted by atomic mass is 16.5. The third kappa shape index (κ3) is 32.5. The summed E-state index contributed by atoms with van der Waals surface area (Å²) in [5.41, 5.74) is -0.605. The van der Waals surface area contributed by atoms with Gasteiger partial charge in [-0.2, -0.15) is 0 Å². The molecule has 0 amide bonds. The summed E-state index contributed by atoms with van der Waals surface area (Å²) in [6.07, 6.45) is 35.8. The lowest BCUT2D eigenvalue weighted by Gasteiger charge is -2.29. The second-order valence-corrected chi connectivity index (χ2v) is 17.3. The average Bonchev–Trinajstić information content (AvgIpc) is 3.17. The number of hydrogen-bond acceptors (Lipinski definition) is 6. The summed E-state index contributed by atoms with van der Waals surface area (Å²) in [5.74, 6) is 0.200. The molecule has 6 heteroatoms. The van der Waals surface area contributed by atoms with Crippen molar-refractivity contribution in [3.63, 3.8) is 0 Å². The van der Waals surface area contributed by atoms with Gasteiger partial charge in [0.1, 0.15) is 0 Å². The summed E-state index contributed by atoms with van der Waals surface area (Å²) in [5, 5.41) is 11.9. The van der Waals surface area contributed by atoms with Crippen molar-refractivity contribution in [2.45, 2.75) is 259 Å². The molecule has 0 radical (unpaired) electrons. The predicted molar refractivity (Wildman–Crippen MR) is 237 cm³/mol. The average molecular weight is 780 g/mol. The standard InChI is InChI=1S/C49H97NO5/c1-7-13-17-25-35-45(33-23-15-9-3)47(51)54-43-31-21-19-27-37-49(53,39-29-30-42-50(40-11-5)41-12-6)38-28-20-22-32-44-55-48(52)46(34-24-16-10-4)36-26-18-14-8-2/h45-46,53H,7-44H2,1-6H3. The minimum absolute atomic E-state index is 0.0287. The van der Waals surface area contributed by atoms with Crippen LogP contribution in [0.25, 0.3) is 0 Å². The molecular formula is C49H97NO5. The van der Waals surface area contributed by atoms with Gasteiger partial charge in [0.15, 0.2) is 0 Å². The van der Waals surface area contributed by atoms with E-state index in [2.05, 4.69) is 46.4 Å². The Morgan fingerprint density at radius 2 is 0.745 bits per heavy atom. The summed E-state index contributed by atoms with van der Waals surface area (Å²) in [7, 11) is 0. The topological polar surface area (TPSA) is 76.1 Å². The molecule has 55 heavy (non-hydrogen) atoms. The molecule has 0 aromatic rings. The van der Waals surface area contributed by atoms with E-state index < -0.39 is 5.60 Å². The molecule has 328 valence electrons. The van der Waals surface area contributed by atoms with Crippen LogP contribution in [0.1, 0.15) is 253 Å². The maximum atomic E-state index is 12.9. The van der Waals surface area contributed by atoms with E-state index >= 15 is 0 Å². The van der Waals surface area contributed by atoms with E-state index in [1.807, 2.05) is 0 Å². The van der Waals surface area contributed by atoms with Crippen molar-refractivity contribution < 1.29 is 24.2 Å². The highest BCUT2D eigenvalue weighted by Gasteiger charge is 2.26. The summed E-state index contributed by atoms with van der Waals surface area (Å²) in [6, 6.07) is 0. The van der Waals surface area contributed by atoms with Gasteiger partial charge in [0.05, 0.1) is 30.7 Å². The molecule has 0 fully saturated rings. The molecule has 0 aromatic heterocycles. The van der Waals surface area contributed by atoms with Crippen LogP contribution in [-0.4, -0.2) is 60.4 Å². The van der Waals surface area contributed by atoms with Crippen molar-refractivity contribution in [3.8, 4) is 0 Å². The Balaban J connectivity index is 4.78. The first-order valence-corrected chi connectivity index (χ1v) is 24.6. The Morgan fingerprint density at radius 1 is 0.418 bits per heavy atom. The van der Waals surface area contributed by atoms with Crippen LogP contribution < -0.4 is 0 Å². The van der Waals surface area contributed by atoms with Crippen LogP contribution in [0.15, 0.2) is 0 Å². The molecule has 0 saturated heterocycles. The van der Waals surface area contributed by atoms with Gasteiger partial charge in [0, 0.05) is 0 Å². The number of unbranched alkanes of at least 4 members (excludes halogenated alkanes) is 17. The highest BCUT2D eigenvalue weighted by Crippen LogP contribution is 2.29. The van der Waals surface area contributed by atoms with Gasteiger partial charge in [-0.3, -0.25) is 9.59 Å². The van der Waals surface area contributed by atoms with Gasteiger partial charge < -0.3 is 19.5 Å². The third-order valence-corrected chi connectivity index (χ3v) is 11.8. The normalized spacial score (nSPS) is 13.9. The Morgan fingerprint density at radius 3 is 1.13 bits per heavy atom. The van der Waals surface area contributed by atoms with Gasteiger partial charge in [0.25, 0.3) is 0 Å². The smallest absolute Gasteiger partial charge is 0.308 e. The number of esters is 2. The van der Waals surface area contributed by atoms with E-state index in [4.69, 9.17) is 9.47 Å². The van der Waals surface area contributed by atoms with E-state index in [1.54, 1.807) is 0 Å². The van der Waals surface area contributed by atoms with Gasteiger partial charge in [0.2, 0.25) is 0 Å². The fourth-order valence-electron chi connectivity index (χ4n) is 8.21. The fourth-order valence-corrected chi connectivity index (χ4v) is 8.21. The largest absolute Gasteiger partial charge is 0.465 e. The second kappa shape index (κ2) is 39.7. The van der Waals surface area contributed by atoms with E-state index in [-0.39, 0.29) is 23.8 Å². The van der Waals surface area contributed by atoms with E-state index in [1.165, 1.54) is 90.1 Å². The van der Waals surface area contributed by atoms with Crippen molar-refractivity contribution in [3.05, 3.63) is 0 Å². The van der Waals surface area contributed by atoms with Crippen LogP contribution >= 0.6 is 0 Å². The molecule has 0 saturated carbocycles. The predicted octanol–water partition coefficient (Wildman–Crippen LogP) is 14.3. The highest BCUT2D eigenvalue weighted by molar-refractivity contribution is 5.72. The van der Waals surface area contributed by atoms with Gasteiger partial charge in [-0.25, -0.2) is 0 Å². The molecule has 2 unspecified atom stereocenters. The SMILES string of the molecule is CCCCCCC(CCCCC)C(=O)OCCCCCCC(O)(CCCCCCOC(=O)C(CCCCC)CCCCCC)CCCCN(CCC)CCC. The van der Waals surface area contributed by atoms with Gasteiger partial charge in [-0.15, -0.1) is 0 Å². The van der Waals surface area contributed by atoms with Crippen LogP contribution in [0.2, 0.25) is 0 Å². The number of carbonyl (C=O) groups is 2. The van der Waals surface area contributed by atoms with Crippen molar-refractivity contribution >= 4 is 11.9 Å². The van der Waals surface area contributed by atoms with Crippen LogP contribution in [-0.2, 0) is 19.1 Å². The minimum atomic E-state index is -0.605. The summed E-state index contributed by atoms with van der Waals surface area (Å²) < 4.78 is 11.6. The van der Waals surface area contributed by atoms with Gasteiger partial charge in [-0.05, 0) is 103 Å².